The molecule has 0 aromatic heterocycles. The van der Waals surface area contributed by atoms with Crippen molar-refractivity contribution in [2.45, 2.75) is 43.6 Å². The van der Waals surface area contributed by atoms with Crippen molar-refractivity contribution in [2.75, 3.05) is 0 Å². The lowest BCUT2D eigenvalue weighted by Crippen LogP contribution is -2.43. The fourth-order valence-corrected chi connectivity index (χ4v) is 2.71. The number of halogens is 7. The molecule has 0 radical (unpaired) electrons. The number of amides is 1. The second-order valence-corrected chi connectivity index (χ2v) is 6.46. The molecule has 2 rings (SSSR count). The molecule has 1 aliphatic rings. The minimum Gasteiger partial charge on any atom is -0.341 e. The molecular weight excluding hydrogens is 392 g/mol. The third kappa shape index (κ3) is 3.64. The van der Waals surface area contributed by atoms with Crippen molar-refractivity contribution in [2.24, 2.45) is 0 Å². The molecule has 1 unspecified atom stereocenters. The van der Waals surface area contributed by atoms with Crippen LogP contribution in [0.2, 0.25) is 0 Å². The smallest absolute Gasteiger partial charge is 0.341 e. The highest BCUT2D eigenvalue weighted by atomic mass is 79.9. The van der Waals surface area contributed by atoms with Crippen LogP contribution in [0.15, 0.2) is 22.7 Å². The number of hydrogen-bond donors (Lipinski definition) is 1. The zero-order valence-electron chi connectivity index (χ0n) is 11.8. The summed E-state index contributed by atoms with van der Waals surface area (Å²) in [7, 11) is 0. The molecule has 1 aromatic carbocycles. The van der Waals surface area contributed by atoms with Gasteiger partial charge in [0.05, 0.1) is 5.41 Å². The summed E-state index contributed by atoms with van der Waals surface area (Å²) in [4.78, 5) is 11.9. The number of alkyl halides is 6. The third-order valence-corrected chi connectivity index (χ3v) is 4.30. The van der Waals surface area contributed by atoms with E-state index in [0.717, 1.165) is 13.0 Å². The van der Waals surface area contributed by atoms with Gasteiger partial charge in [-0.3, -0.25) is 4.79 Å². The van der Waals surface area contributed by atoms with E-state index in [1.165, 1.54) is 12.1 Å². The van der Waals surface area contributed by atoms with Gasteiger partial charge in [0, 0.05) is 10.0 Å². The molecule has 9 heteroatoms. The second kappa shape index (κ2) is 5.68. The second-order valence-electron chi connectivity index (χ2n) is 5.55. The van der Waals surface area contributed by atoms with E-state index in [9.17, 15) is 31.1 Å². The summed E-state index contributed by atoms with van der Waals surface area (Å²) < 4.78 is 77.0. The van der Waals surface area contributed by atoms with Crippen molar-refractivity contribution in [1.29, 1.82) is 0 Å². The number of hydrogen-bond acceptors (Lipinski definition) is 1. The van der Waals surface area contributed by atoms with Crippen molar-refractivity contribution >= 4 is 21.8 Å². The summed E-state index contributed by atoms with van der Waals surface area (Å²) in [5, 5.41) is 1.74. The fraction of sp³-hybridized carbons (Fsp3) is 0.500. The molecule has 1 aliphatic carbocycles. The molecule has 1 aromatic rings. The van der Waals surface area contributed by atoms with Gasteiger partial charge in [-0.25, -0.2) is 0 Å². The van der Waals surface area contributed by atoms with Crippen LogP contribution in [-0.4, -0.2) is 24.3 Å². The highest BCUT2D eigenvalue weighted by molar-refractivity contribution is 9.10. The molecule has 0 heterocycles. The first kappa shape index (κ1) is 18.1. The molecule has 0 spiro atoms. The molecule has 1 atom stereocenters. The zero-order valence-corrected chi connectivity index (χ0v) is 13.4. The first-order valence-corrected chi connectivity index (χ1v) is 7.41. The van der Waals surface area contributed by atoms with E-state index in [4.69, 9.17) is 0 Å². The normalized spacial score (nSPS) is 18.4. The Morgan fingerprint density at radius 3 is 2.17 bits per heavy atom. The SMILES string of the molecule is CC(NC(=O)c1cc(Br)cc(C2(C(F)(F)F)CC2)c1)C(F)(F)F. The third-order valence-electron chi connectivity index (χ3n) is 3.84. The van der Waals surface area contributed by atoms with Crippen LogP contribution in [-0.2, 0) is 5.41 Å². The van der Waals surface area contributed by atoms with Crippen molar-refractivity contribution in [3.05, 3.63) is 33.8 Å². The van der Waals surface area contributed by atoms with Crippen LogP contribution in [0.3, 0.4) is 0 Å². The Labute approximate surface area is 136 Å². The quantitative estimate of drug-likeness (QED) is 0.726. The van der Waals surface area contributed by atoms with E-state index < -0.39 is 29.7 Å². The van der Waals surface area contributed by atoms with Crippen molar-refractivity contribution < 1.29 is 31.1 Å². The Hall–Kier alpha value is -1.25. The molecule has 1 amide bonds. The topological polar surface area (TPSA) is 29.1 Å². The first-order valence-electron chi connectivity index (χ1n) is 6.62. The highest BCUT2D eigenvalue weighted by Crippen LogP contribution is 2.59. The van der Waals surface area contributed by atoms with Gasteiger partial charge in [-0.2, -0.15) is 26.3 Å². The number of carbonyl (C=O) groups excluding carboxylic acids is 1. The minimum absolute atomic E-state index is 0.104. The summed E-state index contributed by atoms with van der Waals surface area (Å²) in [6.07, 6.45) is -9.31. The zero-order chi connectivity index (χ0) is 17.6. The molecule has 1 saturated carbocycles. The Balaban J connectivity index is 2.30. The van der Waals surface area contributed by atoms with Crippen LogP contribution in [0.4, 0.5) is 26.3 Å². The average Bonchev–Trinajstić information content (AvgIpc) is 3.17. The van der Waals surface area contributed by atoms with E-state index in [-0.39, 0.29) is 28.4 Å². The van der Waals surface area contributed by atoms with Gasteiger partial charge in [0.15, 0.2) is 0 Å². The molecule has 2 nitrogen and oxygen atoms in total. The van der Waals surface area contributed by atoms with Gasteiger partial charge in [-0.15, -0.1) is 0 Å². The molecular formula is C14H12BrF6NO. The van der Waals surface area contributed by atoms with Gasteiger partial charge in [-0.1, -0.05) is 15.9 Å². The standard InChI is InChI=1S/C14H12BrF6NO/c1-7(13(16,17)18)22-11(23)8-4-9(6-10(15)5-8)12(2-3-12)14(19,20)21/h4-7H,2-3H2,1H3,(H,22,23). The Morgan fingerprint density at radius 2 is 1.74 bits per heavy atom. The van der Waals surface area contributed by atoms with Gasteiger partial charge in [0.2, 0.25) is 0 Å². The Morgan fingerprint density at radius 1 is 1.17 bits per heavy atom. The monoisotopic (exact) mass is 403 g/mol. The molecule has 0 bridgehead atoms. The molecule has 23 heavy (non-hydrogen) atoms. The van der Waals surface area contributed by atoms with E-state index in [2.05, 4.69) is 15.9 Å². The summed E-state index contributed by atoms with van der Waals surface area (Å²) in [5.41, 5.74) is -2.38. The summed E-state index contributed by atoms with van der Waals surface area (Å²) in [5.74, 6) is -1.07. The van der Waals surface area contributed by atoms with Crippen LogP contribution in [0.5, 0.6) is 0 Å². The van der Waals surface area contributed by atoms with Gasteiger partial charge < -0.3 is 5.32 Å². The van der Waals surface area contributed by atoms with Crippen LogP contribution in [0.25, 0.3) is 0 Å². The number of benzene rings is 1. The molecule has 0 saturated heterocycles. The Kier molecular flexibility index (Phi) is 4.47. The van der Waals surface area contributed by atoms with Crippen LogP contribution >= 0.6 is 15.9 Å². The maximum Gasteiger partial charge on any atom is 0.408 e. The predicted octanol–water partition coefficient (Wildman–Crippen LogP) is 4.72. The van der Waals surface area contributed by atoms with Crippen LogP contribution < -0.4 is 5.32 Å². The fourth-order valence-electron chi connectivity index (χ4n) is 2.22. The summed E-state index contributed by atoms with van der Waals surface area (Å²) >= 11 is 3.00. The Bertz CT molecular complexity index is 621. The van der Waals surface area contributed by atoms with E-state index in [1.54, 1.807) is 5.32 Å². The highest BCUT2D eigenvalue weighted by Gasteiger charge is 2.64. The van der Waals surface area contributed by atoms with Crippen molar-refractivity contribution in [3.63, 3.8) is 0 Å². The predicted molar refractivity (Wildman–Crippen MR) is 74.1 cm³/mol. The minimum atomic E-state index is -4.63. The molecule has 0 aliphatic heterocycles. The number of rotatable bonds is 3. The molecule has 1 N–H and O–H groups in total. The lowest BCUT2D eigenvalue weighted by Gasteiger charge is -2.21. The average molecular weight is 404 g/mol. The van der Waals surface area contributed by atoms with Crippen LogP contribution in [0.1, 0.15) is 35.7 Å². The summed E-state index contributed by atoms with van der Waals surface area (Å²) in [6.45, 7) is 0.759. The van der Waals surface area contributed by atoms with E-state index in [1.807, 2.05) is 0 Å². The maximum absolute atomic E-state index is 13.1. The van der Waals surface area contributed by atoms with E-state index >= 15 is 0 Å². The van der Waals surface area contributed by atoms with Gasteiger partial charge in [0.25, 0.3) is 5.91 Å². The number of carbonyl (C=O) groups is 1. The van der Waals surface area contributed by atoms with Gasteiger partial charge in [0.1, 0.15) is 6.04 Å². The lowest BCUT2D eigenvalue weighted by molar-refractivity contribution is -0.160. The number of nitrogens with one attached hydrogen (secondary N) is 1. The van der Waals surface area contributed by atoms with Crippen LogP contribution in [0, 0.1) is 0 Å². The molecule has 128 valence electrons. The van der Waals surface area contributed by atoms with Crippen molar-refractivity contribution in [1.82, 2.24) is 5.32 Å². The van der Waals surface area contributed by atoms with Gasteiger partial charge >= 0.3 is 12.4 Å². The summed E-state index contributed by atoms with van der Waals surface area (Å²) in [6, 6.07) is 1.33. The van der Waals surface area contributed by atoms with Crippen molar-refractivity contribution in [3.8, 4) is 0 Å². The van der Waals surface area contributed by atoms with E-state index in [0.29, 0.717) is 0 Å². The van der Waals surface area contributed by atoms with Gasteiger partial charge in [-0.05, 0) is 43.5 Å². The lowest BCUT2D eigenvalue weighted by atomic mass is 9.93. The maximum atomic E-state index is 13.1. The first-order chi connectivity index (χ1) is 10.4. The largest absolute Gasteiger partial charge is 0.408 e. The molecule has 1 fully saturated rings.